The highest BCUT2D eigenvalue weighted by Gasteiger charge is 2.62. The van der Waals surface area contributed by atoms with Crippen LogP contribution in [0.1, 0.15) is 40.0 Å². The molecule has 1 rings (SSSR count). The zero-order valence-corrected chi connectivity index (χ0v) is 15.2. The minimum atomic E-state index is -3.60. The fraction of sp³-hybridized carbons (Fsp3) is 0.769. The molecule has 1 aliphatic carbocycles. The van der Waals surface area contributed by atoms with Crippen LogP contribution in [-0.2, 0) is 23.1 Å². The van der Waals surface area contributed by atoms with Crippen LogP contribution in [0.25, 0.3) is 0 Å². The Kier molecular flexibility index (Phi) is 7.18. The smallest absolute Gasteiger partial charge is 0.352 e. The second-order valence-electron chi connectivity index (χ2n) is 4.40. The molecule has 0 heterocycles. The number of carbonyl (C=O) groups is 1. The molecular formula is C13H22IO5P. The van der Waals surface area contributed by atoms with Crippen LogP contribution in [0.15, 0.2) is 9.66 Å². The number of rotatable bonds is 7. The minimum Gasteiger partial charge on any atom is -0.465 e. The lowest BCUT2D eigenvalue weighted by Crippen LogP contribution is -2.40. The summed E-state index contributed by atoms with van der Waals surface area (Å²) in [7, 11) is -3.60. The van der Waals surface area contributed by atoms with Gasteiger partial charge in [-0.15, -0.1) is 0 Å². The quantitative estimate of drug-likeness (QED) is 0.356. The van der Waals surface area contributed by atoms with Crippen molar-refractivity contribution in [1.29, 1.82) is 0 Å². The minimum absolute atomic E-state index is 0.229. The van der Waals surface area contributed by atoms with E-state index in [-0.39, 0.29) is 19.8 Å². The van der Waals surface area contributed by atoms with E-state index in [2.05, 4.69) is 22.6 Å². The number of esters is 1. The molecule has 20 heavy (non-hydrogen) atoms. The Balaban J connectivity index is 3.35. The van der Waals surface area contributed by atoms with Crippen molar-refractivity contribution in [3.63, 3.8) is 0 Å². The average Bonchev–Trinajstić information content (AvgIpc) is 2.84. The molecule has 7 heteroatoms. The monoisotopic (exact) mass is 416 g/mol. The van der Waals surface area contributed by atoms with E-state index < -0.39 is 18.7 Å². The Labute approximate surface area is 134 Å². The maximum atomic E-state index is 13.2. The molecule has 1 aliphatic rings. The van der Waals surface area contributed by atoms with E-state index in [9.17, 15) is 9.36 Å². The highest BCUT2D eigenvalue weighted by molar-refractivity contribution is 14.1. The molecule has 1 unspecified atom stereocenters. The van der Waals surface area contributed by atoms with Gasteiger partial charge in [-0.05, 0) is 49.7 Å². The number of hydrogen-bond donors (Lipinski definition) is 0. The lowest BCUT2D eigenvalue weighted by atomic mass is 10.0. The largest absolute Gasteiger partial charge is 0.465 e. The van der Waals surface area contributed by atoms with Gasteiger partial charge in [0.1, 0.15) is 0 Å². The Morgan fingerprint density at radius 3 is 2.35 bits per heavy atom. The Bertz CT molecular complexity index is 413. The number of carbonyl (C=O) groups excluding carboxylic acids is 1. The molecule has 0 N–H and O–H groups in total. The first-order valence-corrected chi connectivity index (χ1v) is 9.67. The van der Waals surface area contributed by atoms with E-state index in [0.29, 0.717) is 12.8 Å². The standard InChI is InChI=1S/C13H22IO5P/c1-4-17-12(15)13(9-7-8-11(13)10-14)20(16,18-5-2)19-6-3/h10H,4-9H2,1-3H3. The van der Waals surface area contributed by atoms with E-state index >= 15 is 0 Å². The van der Waals surface area contributed by atoms with Gasteiger partial charge in [-0.25, -0.2) is 0 Å². The lowest BCUT2D eigenvalue weighted by molar-refractivity contribution is -0.145. The van der Waals surface area contributed by atoms with Crippen LogP contribution >= 0.6 is 30.2 Å². The summed E-state index contributed by atoms with van der Waals surface area (Å²) in [5, 5.41) is -1.27. The van der Waals surface area contributed by atoms with Gasteiger partial charge in [-0.1, -0.05) is 22.6 Å². The van der Waals surface area contributed by atoms with Gasteiger partial charge >= 0.3 is 13.6 Å². The maximum Gasteiger partial charge on any atom is 0.352 e. The fourth-order valence-electron chi connectivity index (χ4n) is 2.55. The third-order valence-electron chi connectivity index (χ3n) is 3.33. The summed E-state index contributed by atoms with van der Waals surface area (Å²) in [6.45, 7) is 5.92. The zero-order valence-electron chi connectivity index (χ0n) is 12.2. The molecule has 0 bridgehead atoms. The molecule has 0 amide bonds. The van der Waals surface area contributed by atoms with Gasteiger partial charge in [0.25, 0.3) is 0 Å². The van der Waals surface area contributed by atoms with Crippen molar-refractivity contribution < 1.29 is 23.1 Å². The molecule has 0 saturated heterocycles. The summed E-state index contributed by atoms with van der Waals surface area (Å²) in [5.41, 5.74) is 0.793. The first kappa shape index (κ1) is 18.1. The molecule has 5 nitrogen and oxygen atoms in total. The molecular weight excluding hydrogens is 394 g/mol. The van der Waals surface area contributed by atoms with E-state index in [4.69, 9.17) is 13.8 Å². The zero-order chi connectivity index (χ0) is 15.2. The molecule has 0 aromatic heterocycles. The summed E-state index contributed by atoms with van der Waals surface area (Å²) < 4.78 is 31.1. The van der Waals surface area contributed by atoms with Gasteiger partial charge in [-0.2, -0.15) is 0 Å². The number of ether oxygens (including phenoxy) is 1. The molecule has 1 fully saturated rings. The molecule has 0 radical (unpaired) electrons. The SMILES string of the molecule is CCOC(=O)C1(P(=O)(OCC)OCC)CCCC1=CI. The van der Waals surface area contributed by atoms with Crippen molar-refractivity contribution in [2.75, 3.05) is 19.8 Å². The van der Waals surface area contributed by atoms with Gasteiger partial charge in [0.05, 0.1) is 19.8 Å². The Morgan fingerprint density at radius 1 is 1.30 bits per heavy atom. The molecule has 116 valence electrons. The van der Waals surface area contributed by atoms with E-state index in [1.54, 1.807) is 20.8 Å². The lowest BCUT2D eigenvalue weighted by Gasteiger charge is -2.34. The van der Waals surface area contributed by atoms with Gasteiger partial charge in [0, 0.05) is 0 Å². The van der Waals surface area contributed by atoms with Crippen molar-refractivity contribution in [2.24, 2.45) is 0 Å². The van der Waals surface area contributed by atoms with Gasteiger partial charge < -0.3 is 13.8 Å². The van der Waals surface area contributed by atoms with Gasteiger partial charge in [0.2, 0.25) is 0 Å². The highest BCUT2D eigenvalue weighted by Crippen LogP contribution is 2.68. The van der Waals surface area contributed by atoms with Crippen LogP contribution in [-0.4, -0.2) is 30.9 Å². The highest BCUT2D eigenvalue weighted by atomic mass is 127. The first-order chi connectivity index (χ1) is 9.52. The molecule has 0 aromatic carbocycles. The predicted octanol–water partition coefficient (Wildman–Crippen LogP) is 4.06. The first-order valence-electron chi connectivity index (χ1n) is 6.88. The Morgan fingerprint density at radius 2 is 1.90 bits per heavy atom. The summed E-state index contributed by atoms with van der Waals surface area (Å²) >= 11 is 2.07. The van der Waals surface area contributed by atoms with Crippen molar-refractivity contribution in [1.82, 2.24) is 0 Å². The topological polar surface area (TPSA) is 61.8 Å². The summed E-state index contributed by atoms with van der Waals surface area (Å²) in [6, 6.07) is 0. The molecule has 0 spiro atoms. The van der Waals surface area contributed by atoms with Crippen molar-refractivity contribution in [2.45, 2.75) is 45.2 Å². The van der Waals surface area contributed by atoms with Crippen LogP contribution in [0.3, 0.4) is 0 Å². The van der Waals surface area contributed by atoms with Crippen LogP contribution in [0.2, 0.25) is 0 Å². The molecule has 0 aliphatic heterocycles. The average molecular weight is 416 g/mol. The van der Waals surface area contributed by atoms with Crippen LogP contribution in [0.4, 0.5) is 0 Å². The van der Waals surface area contributed by atoms with E-state index in [1.807, 2.05) is 4.08 Å². The number of hydrogen-bond acceptors (Lipinski definition) is 5. The molecule has 0 aromatic rings. The van der Waals surface area contributed by atoms with Crippen molar-refractivity contribution in [3.05, 3.63) is 9.66 Å². The summed E-state index contributed by atoms with van der Waals surface area (Å²) in [4.78, 5) is 12.5. The van der Waals surface area contributed by atoms with E-state index in [1.165, 1.54) is 0 Å². The predicted molar refractivity (Wildman–Crippen MR) is 86.2 cm³/mol. The van der Waals surface area contributed by atoms with E-state index in [0.717, 1.165) is 12.0 Å². The van der Waals surface area contributed by atoms with Crippen molar-refractivity contribution in [3.8, 4) is 0 Å². The van der Waals surface area contributed by atoms with Crippen LogP contribution < -0.4 is 0 Å². The molecule has 1 atom stereocenters. The van der Waals surface area contributed by atoms with Crippen molar-refractivity contribution >= 4 is 36.2 Å². The van der Waals surface area contributed by atoms with Gasteiger partial charge in [0.15, 0.2) is 5.16 Å². The fourth-order valence-corrected chi connectivity index (χ4v) is 6.09. The Hall–Kier alpha value is 0.0900. The van der Waals surface area contributed by atoms with Crippen LogP contribution in [0.5, 0.6) is 0 Å². The normalized spacial score (nSPS) is 25.1. The van der Waals surface area contributed by atoms with Crippen LogP contribution in [0, 0.1) is 0 Å². The van der Waals surface area contributed by atoms with Gasteiger partial charge in [-0.3, -0.25) is 9.36 Å². The second kappa shape index (κ2) is 7.92. The second-order valence-corrected chi connectivity index (χ2v) is 7.30. The summed E-state index contributed by atoms with van der Waals surface area (Å²) in [5.74, 6) is -0.495. The third-order valence-corrected chi connectivity index (χ3v) is 6.90. The number of halogens is 1. The molecule has 1 saturated carbocycles. The summed E-state index contributed by atoms with van der Waals surface area (Å²) in [6.07, 6.45) is 1.93. The maximum absolute atomic E-state index is 13.2. The third kappa shape index (κ3) is 3.13.